The Labute approximate surface area is 148 Å². The Bertz CT molecular complexity index is 1010. The highest BCUT2D eigenvalue weighted by Gasteiger charge is 2.27. The van der Waals surface area contributed by atoms with Crippen molar-refractivity contribution < 1.29 is 14.3 Å². The second-order valence-corrected chi connectivity index (χ2v) is 6.14. The Morgan fingerprint density at radius 1 is 1.42 bits per heavy atom. The van der Waals surface area contributed by atoms with Crippen LogP contribution in [0.1, 0.15) is 34.8 Å². The zero-order chi connectivity index (χ0) is 18.3. The molecule has 3 aromatic rings. The second-order valence-electron chi connectivity index (χ2n) is 6.14. The molecule has 2 amide bonds. The quantitative estimate of drug-likeness (QED) is 0.644. The Balaban J connectivity index is 1.49. The summed E-state index contributed by atoms with van der Waals surface area (Å²) in [7, 11) is 1.60. The van der Waals surface area contributed by atoms with E-state index in [1.165, 1.54) is 0 Å². The lowest BCUT2D eigenvalue weighted by molar-refractivity contribution is -0.125. The van der Waals surface area contributed by atoms with Crippen molar-refractivity contribution in [1.29, 1.82) is 0 Å². The van der Waals surface area contributed by atoms with Gasteiger partial charge < -0.3 is 20.4 Å². The van der Waals surface area contributed by atoms with Gasteiger partial charge in [0.2, 0.25) is 5.91 Å². The van der Waals surface area contributed by atoms with Crippen LogP contribution >= 0.6 is 0 Å². The van der Waals surface area contributed by atoms with Gasteiger partial charge in [-0.2, -0.15) is 0 Å². The molecule has 9 nitrogen and oxygen atoms in total. The summed E-state index contributed by atoms with van der Waals surface area (Å²) >= 11 is 0. The Hall–Kier alpha value is -3.36. The lowest BCUT2D eigenvalue weighted by atomic mass is 10.2. The van der Waals surface area contributed by atoms with E-state index in [1.54, 1.807) is 24.8 Å². The van der Waals surface area contributed by atoms with E-state index in [-0.39, 0.29) is 18.4 Å². The maximum absolute atomic E-state index is 12.5. The fraction of sp³-hybridized carbons (Fsp3) is 0.294. The third-order valence-electron chi connectivity index (χ3n) is 4.54. The van der Waals surface area contributed by atoms with Crippen LogP contribution in [0.2, 0.25) is 0 Å². The van der Waals surface area contributed by atoms with Gasteiger partial charge in [0.15, 0.2) is 0 Å². The number of hydrogen-bond acceptors (Lipinski definition) is 5. The third-order valence-corrected chi connectivity index (χ3v) is 4.54. The summed E-state index contributed by atoms with van der Waals surface area (Å²) in [6, 6.07) is 6.95. The van der Waals surface area contributed by atoms with Crippen LogP contribution < -0.4 is 15.4 Å². The molecule has 0 bridgehead atoms. The van der Waals surface area contributed by atoms with Crippen molar-refractivity contribution in [3.05, 3.63) is 41.3 Å². The monoisotopic (exact) mass is 354 g/mol. The van der Waals surface area contributed by atoms with Crippen LogP contribution in [-0.2, 0) is 17.9 Å². The number of methoxy groups -OCH3 is 1. The molecule has 0 saturated heterocycles. The Kier molecular flexibility index (Phi) is 3.83. The van der Waals surface area contributed by atoms with E-state index in [4.69, 9.17) is 4.74 Å². The predicted octanol–water partition coefficient (Wildman–Crippen LogP) is 0.889. The molecule has 1 aliphatic rings. The largest absolute Gasteiger partial charge is 0.497 e. The van der Waals surface area contributed by atoms with Gasteiger partial charge in [0, 0.05) is 17.0 Å². The number of ether oxygens (including phenoxy) is 1. The zero-order valence-corrected chi connectivity index (χ0v) is 14.4. The van der Waals surface area contributed by atoms with Crippen molar-refractivity contribution in [3.8, 4) is 5.75 Å². The molecule has 3 N–H and O–H groups in total. The zero-order valence-electron chi connectivity index (χ0n) is 14.4. The number of carbonyl (C=O) groups excluding carboxylic acids is 2. The number of benzene rings is 1. The van der Waals surface area contributed by atoms with Gasteiger partial charge in [-0.1, -0.05) is 5.21 Å². The predicted molar refractivity (Wildman–Crippen MR) is 92.6 cm³/mol. The van der Waals surface area contributed by atoms with Crippen molar-refractivity contribution >= 4 is 22.7 Å². The Morgan fingerprint density at radius 2 is 2.27 bits per heavy atom. The summed E-state index contributed by atoms with van der Waals surface area (Å²) in [6.45, 7) is 2.34. The lowest BCUT2D eigenvalue weighted by Gasteiger charge is -2.20. The normalized spacial score (nSPS) is 16.2. The first kappa shape index (κ1) is 16.1. The molecule has 1 atom stereocenters. The Morgan fingerprint density at radius 3 is 3.08 bits per heavy atom. The molecule has 9 heteroatoms. The fourth-order valence-corrected chi connectivity index (χ4v) is 3.02. The number of fused-ring (bicyclic) bond motifs is 2. The molecule has 0 saturated carbocycles. The highest BCUT2D eigenvalue weighted by Crippen LogP contribution is 2.21. The van der Waals surface area contributed by atoms with E-state index >= 15 is 0 Å². The topological polar surface area (TPSA) is 114 Å². The second kappa shape index (κ2) is 6.17. The first-order chi connectivity index (χ1) is 12.6. The van der Waals surface area contributed by atoms with Crippen molar-refractivity contribution in [3.63, 3.8) is 0 Å². The van der Waals surface area contributed by atoms with Gasteiger partial charge in [0.05, 0.1) is 25.9 Å². The van der Waals surface area contributed by atoms with Crippen LogP contribution in [0.3, 0.4) is 0 Å². The number of carbonyl (C=O) groups is 2. The van der Waals surface area contributed by atoms with Crippen LogP contribution in [0.15, 0.2) is 24.3 Å². The van der Waals surface area contributed by atoms with Gasteiger partial charge in [-0.25, -0.2) is 4.68 Å². The summed E-state index contributed by atoms with van der Waals surface area (Å²) < 4.78 is 6.78. The summed E-state index contributed by atoms with van der Waals surface area (Å²) in [4.78, 5) is 27.2. The molecule has 0 spiro atoms. The maximum Gasteiger partial charge on any atom is 0.268 e. The summed E-state index contributed by atoms with van der Waals surface area (Å²) in [5.41, 5.74) is 2.73. The number of aromatic nitrogens is 4. The minimum absolute atomic E-state index is 0.0912. The van der Waals surface area contributed by atoms with Gasteiger partial charge in [-0.3, -0.25) is 9.59 Å². The molecule has 0 radical (unpaired) electrons. The number of rotatable bonds is 4. The number of nitrogens with one attached hydrogen (secondary N) is 3. The molecular weight excluding hydrogens is 336 g/mol. The van der Waals surface area contributed by atoms with E-state index in [0.717, 1.165) is 22.3 Å². The van der Waals surface area contributed by atoms with E-state index in [2.05, 4.69) is 25.9 Å². The molecule has 0 aliphatic carbocycles. The lowest BCUT2D eigenvalue weighted by Crippen LogP contribution is -2.38. The first-order valence-electron chi connectivity index (χ1n) is 8.22. The average Bonchev–Trinajstić information content (AvgIpc) is 3.26. The van der Waals surface area contributed by atoms with Crippen molar-refractivity contribution in [1.82, 2.24) is 30.6 Å². The van der Waals surface area contributed by atoms with Gasteiger partial charge in [0.1, 0.15) is 23.2 Å². The molecule has 0 fully saturated rings. The van der Waals surface area contributed by atoms with Crippen molar-refractivity contribution in [2.45, 2.75) is 26.1 Å². The number of nitrogens with zero attached hydrogens (tertiary/aromatic N) is 3. The minimum atomic E-state index is -0.403. The molecule has 134 valence electrons. The smallest absolute Gasteiger partial charge is 0.268 e. The molecular formula is C17H18N6O3. The van der Waals surface area contributed by atoms with Gasteiger partial charge >= 0.3 is 0 Å². The molecule has 4 rings (SSSR count). The summed E-state index contributed by atoms with van der Waals surface area (Å²) in [5, 5.41) is 14.7. The highest BCUT2D eigenvalue weighted by molar-refractivity contribution is 5.98. The average molecular weight is 354 g/mol. The molecule has 26 heavy (non-hydrogen) atoms. The van der Waals surface area contributed by atoms with Crippen molar-refractivity contribution in [2.75, 3.05) is 7.11 Å². The van der Waals surface area contributed by atoms with Crippen molar-refractivity contribution in [2.24, 2.45) is 0 Å². The molecule has 1 unspecified atom stereocenters. The van der Waals surface area contributed by atoms with E-state index in [1.807, 2.05) is 18.2 Å². The van der Waals surface area contributed by atoms with Gasteiger partial charge in [0.25, 0.3) is 5.91 Å². The number of H-pyrrole nitrogens is 1. The molecule has 1 aliphatic heterocycles. The molecule has 3 heterocycles. The van der Waals surface area contributed by atoms with Crippen LogP contribution in [0.5, 0.6) is 5.75 Å². The van der Waals surface area contributed by atoms with Gasteiger partial charge in [-0.05, 0) is 25.1 Å². The fourth-order valence-electron chi connectivity index (χ4n) is 3.02. The van der Waals surface area contributed by atoms with Crippen LogP contribution in [0.4, 0.5) is 0 Å². The minimum Gasteiger partial charge on any atom is -0.497 e. The number of amides is 2. The number of hydrogen-bond donors (Lipinski definition) is 3. The van der Waals surface area contributed by atoms with E-state index < -0.39 is 6.04 Å². The first-order valence-corrected chi connectivity index (χ1v) is 8.22. The van der Waals surface area contributed by atoms with Crippen LogP contribution in [0.25, 0.3) is 10.9 Å². The highest BCUT2D eigenvalue weighted by atomic mass is 16.5. The maximum atomic E-state index is 12.5. The van der Waals surface area contributed by atoms with Gasteiger partial charge in [-0.15, -0.1) is 5.10 Å². The standard InChI is InChI=1S/C17H18N6O3/c1-9-16(24)19-8-15-14(21-22-23(9)15)7-18-17(25)13-5-10-3-4-11(26-2)6-12(10)20-13/h3-6,9,20H,7-8H2,1-2H3,(H,18,25)(H,19,24). The number of aromatic amines is 1. The van der Waals surface area contributed by atoms with Crippen LogP contribution in [-0.4, -0.2) is 38.9 Å². The summed E-state index contributed by atoms with van der Waals surface area (Å²) in [6.07, 6.45) is 0. The van der Waals surface area contributed by atoms with E-state index in [0.29, 0.717) is 17.9 Å². The third kappa shape index (κ3) is 2.67. The molecule has 2 aromatic heterocycles. The SMILES string of the molecule is COc1ccc2cc(C(=O)NCc3nnn4c3CNC(=O)C4C)[nH]c2c1. The van der Waals surface area contributed by atoms with Crippen LogP contribution in [0, 0.1) is 0 Å². The summed E-state index contributed by atoms with van der Waals surface area (Å²) in [5.74, 6) is 0.388. The van der Waals surface area contributed by atoms with E-state index in [9.17, 15) is 9.59 Å². The molecule has 1 aromatic carbocycles.